The van der Waals surface area contributed by atoms with Gasteiger partial charge in [0.1, 0.15) is 0 Å². The fourth-order valence-corrected chi connectivity index (χ4v) is 2.69. The number of anilines is 1. The van der Waals surface area contributed by atoms with E-state index in [1.54, 1.807) is 12.1 Å². The molecule has 0 bridgehead atoms. The van der Waals surface area contributed by atoms with E-state index in [4.69, 9.17) is 5.11 Å². The van der Waals surface area contributed by atoms with Crippen LogP contribution in [0.2, 0.25) is 0 Å². The summed E-state index contributed by atoms with van der Waals surface area (Å²) in [6, 6.07) is 11.4. The summed E-state index contributed by atoms with van der Waals surface area (Å²) in [4.78, 5) is 11.0. The lowest BCUT2D eigenvalue weighted by molar-refractivity contribution is 0.0697. The van der Waals surface area contributed by atoms with Gasteiger partial charge in [-0.25, -0.2) is 4.79 Å². The number of carbonyl (C=O) groups is 1. The largest absolute Gasteiger partial charge is 0.478 e. The molecule has 0 aliphatic rings. The Hall–Kier alpha value is -2.03. The summed E-state index contributed by atoms with van der Waals surface area (Å²) in [7, 11) is 0. The van der Waals surface area contributed by atoms with Gasteiger partial charge in [0.2, 0.25) is 0 Å². The second kappa shape index (κ2) is 7.83. The fourth-order valence-electron chi connectivity index (χ4n) is 2.69. The van der Waals surface area contributed by atoms with Crippen molar-refractivity contribution in [3.63, 3.8) is 0 Å². The molecule has 2 aromatic carbocycles. The van der Waals surface area contributed by atoms with Crippen LogP contribution < -0.4 is 5.32 Å². The van der Waals surface area contributed by atoms with Gasteiger partial charge in [0, 0.05) is 12.2 Å². The predicted octanol–water partition coefficient (Wildman–Crippen LogP) is 5.17. The number of hydrogen-bond donors (Lipinski definition) is 2. The summed E-state index contributed by atoms with van der Waals surface area (Å²) in [5.74, 6) is -0.171. The lowest BCUT2D eigenvalue weighted by Crippen LogP contribution is -2.13. The smallest absolute Gasteiger partial charge is 0.335 e. The van der Waals surface area contributed by atoms with Crippen molar-refractivity contribution in [1.82, 2.24) is 0 Å². The van der Waals surface area contributed by atoms with Crippen molar-refractivity contribution in [2.24, 2.45) is 5.92 Å². The molecule has 1 unspecified atom stereocenters. The van der Waals surface area contributed by atoms with Gasteiger partial charge in [-0.1, -0.05) is 45.2 Å². The van der Waals surface area contributed by atoms with E-state index in [1.165, 1.54) is 25.7 Å². The Labute approximate surface area is 132 Å². The minimum atomic E-state index is -0.884. The number of benzene rings is 2. The van der Waals surface area contributed by atoms with E-state index in [0.29, 0.717) is 11.5 Å². The normalized spacial score (nSPS) is 12.3. The van der Waals surface area contributed by atoms with Crippen molar-refractivity contribution in [3.05, 3.63) is 42.0 Å². The van der Waals surface area contributed by atoms with E-state index in [-0.39, 0.29) is 0 Å². The molecule has 118 valence electrons. The maximum Gasteiger partial charge on any atom is 0.335 e. The Balaban J connectivity index is 2.06. The van der Waals surface area contributed by atoms with Crippen molar-refractivity contribution in [2.75, 3.05) is 11.9 Å². The molecule has 0 aliphatic carbocycles. The lowest BCUT2D eigenvalue weighted by Gasteiger charge is -2.16. The first-order valence-corrected chi connectivity index (χ1v) is 8.15. The molecule has 0 saturated heterocycles. The molecule has 2 N–H and O–H groups in total. The Morgan fingerprint density at radius 2 is 1.86 bits per heavy atom. The van der Waals surface area contributed by atoms with Crippen LogP contribution in [-0.2, 0) is 0 Å². The van der Waals surface area contributed by atoms with E-state index in [9.17, 15) is 4.79 Å². The molecule has 0 saturated carbocycles. The molecular weight excluding hydrogens is 274 g/mol. The summed E-state index contributed by atoms with van der Waals surface area (Å²) in [5, 5.41) is 14.6. The first kappa shape index (κ1) is 16.3. The van der Waals surface area contributed by atoms with Crippen LogP contribution in [-0.4, -0.2) is 17.6 Å². The van der Waals surface area contributed by atoms with E-state index in [0.717, 1.165) is 23.0 Å². The van der Waals surface area contributed by atoms with Crippen LogP contribution in [0.5, 0.6) is 0 Å². The zero-order valence-corrected chi connectivity index (χ0v) is 13.4. The Morgan fingerprint density at radius 1 is 1.14 bits per heavy atom. The van der Waals surface area contributed by atoms with Gasteiger partial charge < -0.3 is 10.4 Å². The summed E-state index contributed by atoms with van der Waals surface area (Å²) in [5.41, 5.74) is 1.43. The molecule has 0 radical (unpaired) electrons. The zero-order valence-electron chi connectivity index (χ0n) is 13.4. The Bertz CT molecular complexity index is 636. The monoisotopic (exact) mass is 299 g/mol. The number of carboxylic acid groups (broad SMARTS) is 1. The average molecular weight is 299 g/mol. The van der Waals surface area contributed by atoms with Crippen LogP contribution in [0.15, 0.2) is 36.4 Å². The first-order valence-electron chi connectivity index (χ1n) is 8.15. The van der Waals surface area contributed by atoms with Gasteiger partial charge in [0.15, 0.2) is 0 Å². The number of nitrogens with one attached hydrogen (secondary N) is 1. The van der Waals surface area contributed by atoms with E-state index >= 15 is 0 Å². The third kappa shape index (κ3) is 4.23. The minimum Gasteiger partial charge on any atom is -0.478 e. The standard InChI is InChI=1S/C19H25NO2/c1-3-5-6-14(4-2)13-20-18-10-9-15-11-17(19(21)22)8-7-16(15)12-18/h7-12,14,20H,3-6,13H2,1-2H3,(H,21,22). The Morgan fingerprint density at radius 3 is 2.55 bits per heavy atom. The second-order valence-corrected chi connectivity index (χ2v) is 5.88. The van der Waals surface area contributed by atoms with Crippen LogP contribution in [0, 0.1) is 5.92 Å². The first-order chi connectivity index (χ1) is 10.6. The molecular formula is C19H25NO2. The highest BCUT2D eigenvalue weighted by Gasteiger charge is 2.07. The van der Waals surface area contributed by atoms with E-state index in [2.05, 4.69) is 25.2 Å². The maximum absolute atomic E-state index is 11.0. The minimum absolute atomic E-state index is 0.332. The number of fused-ring (bicyclic) bond motifs is 1. The molecule has 2 rings (SSSR count). The topological polar surface area (TPSA) is 49.3 Å². The number of aromatic carboxylic acids is 1. The van der Waals surface area contributed by atoms with Gasteiger partial charge in [-0.05, 0) is 47.4 Å². The predicted molar refractivity (Wildman–Crippen MR) is 92.7 cm³/mol. The zero-order chi connectivity index (χ0) is 15.9. The van der Waals surface area contributed by atoms with Gasteiger partial charge in [-0.15, -0.1) is 0 Å². The molecule has 3 heteroatoms. The average Bonchev–Trinajstić information content (AvgIpc) is 2.54. The molecule has 0 heterocycles. The van der Waals surface area contributed by atoms with Crippen LogP contribution in [0.25, 0.3) is 10.8 Å². The van der Waals surface area contributed by atoms with Crippen LogP contribution in [0.3, 0.4) is 0 Å². The summed E-state index contributed by atoms with van der Waals surface area (Å²) in [6.07, 6.45) is 5.01. The van der Waals surface area contributed by atoms with Gasteiger partial charge in [-0.2, -0.15) is 0 Å². The summed E-state index contributed by atoms with van der Waals surface area (Å²) < 4.78 is 0. The number of hydrogen-bond acceptors (Lipinski definition) is 2. The van der Waals surface area contributed by atoms with Gasteiger partial charge in [-0.3, -0.25) is 0 Å². The van der Waals surface area contributed by atoms with Crippen molar-refractivity contribution in [2.45, 2.75) is 39.5 Å². The quantitative estimate of drug-likeness (QED) is 0.707. The van der Waals surface area contributed by atoms with Crippen LogP contribution >= 0.6 is 0 Å². The fraction of sp³-hybridized carbons (Fsp3) is 0.421. The number of carboxylic acids is 1. The third-order valence-corrected chi connectivity index (χ3v) is 4.23. The molecule has 0 fully saturated rings. The van der Waals surface area contributed by atoms with Crippen molar-refractivity contribution >= 4 is 22.4 Å². The molecule has 0 aromatic heterocycles. The molecule has 22 heavy (non-hydrogen) atoms. The second-order valence-electron chi connectivity index (χ2n) is 5.88. The van der Waals surface area contributed by atoms with Crippen molar-refractivity contribution in [1.29, 1.82) is 0 Å². The Kier molecular flexibility index (Phi) is 5.82. The van der Waals surface area contributed by atoms with Crippen molar-refractivity contribution < 1.29 is 9.90 Å². The van der Waals surface area contributed by atoms with Gasteiger partial charge >= 0.3 is 5.97 Å². The van der Waals surface area contributed by atoms with Gasteiger partial charge in [0.05, 0.1) is 5.56 Å². The number of unbranched alkanes of at least 4 members (excludes halogenated alkanes) is 1. The van der Waals surface area contributed by atoms with E-state index in [1.807, 2.05) is 18.2 Å². The van der Waals surface area contributed by atoms with Crippen LogP contribution in [0.4, 0.5) is 5.69 Å². The molecule has 1 atom stereocenters. The highest BCUT2D eigenvalue weighted by molar-refractivity contribution is 5.95. The van der Waals surface area contributed by atoms with Crippen molar-refractivity contribution in [3.8, 4) is 0 Å². The molecule has 3 nitrogen and oxygen atoms in total. The highest BCUT2D eigenvalue weighted by Crippen LogP contribution is 2.22. The molecule has 0 amide bonds. The summed E-state index contributed by atoms with van der Waals surface area (Å²) in [6.45, 7) is 5.47. The molecule has 2 aromatic rings. The summed E-state index contributed by atoms with van der Waals surface area (Å²) >= 11 is 0. The molecule has 0 spiro atoms. The highest BCUT2D eigenvalue weighted by atomic mass is 16.4. The number of rotatable bonds is 8. The third-order valence-electron chi connectivity index (χ3n) is 4.23. The maximum atomic E-state index is 11.0. The molecule has 0 aliphatic heterocycles. The van der Waals surface area contributed by atoms with Crippen LogP contribution in [0.1, 0.15) is 49.9 Å². The van der Waals surface area contributed by atoms with E-state index < -0.39 is 5.97 Å². The van der Waals surface area contributed by atoms with Gasteiger partial charge in [0.25, 0.3) is 0 Å². The lowest BCUT2D eigenvalue weighted by atomic mass is 9.99. The SMILES string of the molecule is CCCCC(CC)CNc1ccc2cc(C(=O)O)ccc2c1.